The molecular weight excluding hydrogens is 411 g/mol. The average Bonchev–Trinajstić information content (AvgIpc) is 2.65. The highest BCUT2D eigenvalue weighted by atomic mass is 32.2. The molecule has 160 valence electrons. The number of nitro groups is 1. The van der Waals surface area contributed by atoms with Crippen molar-refractivity contribution in [3.63, 3.8) is 0 Å². The summed E-state index contributed by atoms with van der Waals surface area (Å²) in [7, 11) is -4.12. The molecule has 2 unspecified atom stereocenters. The van der Waals surface area contributed by atoms with Gasteiger partial charge < -0.3 is 4.90 Å². The van der Waals surface area contributed by atoms with Crippen molar-refractivity contribution in [3.05, 3.63) is 69.5 Å². The van der Waals surface area contributed by atoms with Crippen molar-refractivity contribution < 1.29 is 22.5 Å². The number of benzene rings is 2. The Balaban J connectivity index is 1.93. The van der Waals surface area contributed by atoms with Crippen molar-refractivity contribution in [2.75, 3.05) is 13.1 Å². The lowest BCUT2D eigenvalue weighted by Gasteiger charge is -2.35. The molecule has 0 aliphatic carbocycles. The highest BCUT2D eigenvalue weighted by Crippen LogP contribution is 2.30. The number of nitrogens with zero attached hydrogens (tertiary/aromatic N) is 2. The van der Waals surface area contributed by atoms with E-state index in [9.17, 15) is 27.7 Å². The Morgan fingerprint density at radius 3 is 2.43 bits per heavy atom. The van der Waals surface area contributed by atoms with Crippen molar-refractivity contribution in [1.29, 1.82) is 0 Å². The minimum absolute atomic E-state index is 0.0766. The number of carbonyl (C=O) groups is 1. The Kier molecular flexibility index (Phi) is 6.21. The molecule has 1 heterocycles. The summed E-state index contributed by atoms with van der Waals surface area (Å²) in [6.45, 7) is 5.19. The number of rotatable bonds is 5. The van der Waals surface area contributed by atoms with Crippen molar-refractivity contribution in [2.45, 2.75) is 30.9 Å². The molecule has 1 fully saturated rings. The number of nitro benzene ring substituents is 1. The van der Waals surface area contributed by atoms with Crippen LogP contribution < -0.4 is 0 Å². The molecule has 0 N–H and O–H groups in total. The van der Waals surface area contributed by atoms with Gasteiger partial charge in [-0.25, -0.2) is 12.8 Å². The van der Waals surface area contributed by atoms with Crippen LogP contribution in [0.25, 0.3) is 0 Å². The van der Waals surface area contributed by atoms with E-state index < -0.39 is 36.9 Å². The van der Waals surface area contributed by atoms with Crippen molar-refractivity contribution in [1.82, 2.24) is 4.90 Å². The van der Waals surface area contributed by atoms with Crippen molar-refractivity contribution in [2.24, 2.45) is 11.8 Å². The SMILES string of the molecule is CC1CC(C)CN(C(=O)c2ccc(S(=O)(=O)Cc3cccc(F)c3)c([N+](=O)[O-])c2)C1. The van der Waals surface area contributed by atoms with Gasteiger partial charge in [-0.15, -0.1) is 0 Å². The van der Waals surface area contributed by atoms with Gasteiger partial charge in [-0.1, -0.05) is 26.0 Å². The Labute approximate surface area is 174 Å². The van der Waals surface area contributed by atoms with Crippen LogP contribution in [-0.4, -0.2) is 37.2 Å². The molecule has 0 saturated carbocycles. The molecule has 7 nitrogen and oxygen atoms in total. The summed E-state index contributed by atoms with van der Waals surface area (Å²) >= 11 is 0. The van der Waals surface area contributed by atoms with Crippen LogP contribution in [0.1, 0.15) is 36.2 Å². The predicted molar refractivity (Wildman–Crippen MR) is 109 cm³/mol. The van der Waals surface area contributed by atoms with Crippen LogP contribution >= 0.6 is 0 Å². The van der Waals surface area contributed by atoms with E-state index in [0.717, 1.165) is 24.6 Å². The molecule has 2 aromatic rings. The van der Waals surface area contributed by atoms with Gasteiger partial charge in [-0.05, 0) is 48.1 Å². The maximum absolute atomic E-state index is 13.4. The molecule has 30 heavy (non-hydrogen) atoms. The first-order chi connectivity index (χ1) is 14.1. The lowest BCUT2D eigenvalue weighted by Crippen LogP contribution is -2.42. The van der Waals surface area contributed by atoms with Crippen LogP contribution in [0, 0.1) is 27.8 Å². The van der Waals surface area contributed by atoms with Crippen LogP contribution in [0.15, 0.2) is 47.4 Å². The number of piperidine rings is 1. The summed E-state index contributed by atoms with van der Waals surface area (Å²) in [5.74, 6) is -0.897. The maximum Gasteiger partial charge on any atom is 0.288 e. The van der Waals surface area contributed by atoms with Crippen LogP contribution in [-0.2, 0) is 15.6 Å². The molecule has 0 spiro atoms. The lowest BCUT2D eigenvalue weighted by molar-refractivity contribution is -0.387. The van der Waals surface area contributed by atoms with E-state index in [0.29, 0.717) is 24.9 Å². The molecule has 0 aromatic heterocycles. The summed E-state index contributed by atoms with van der Waals surface area (Å²) < 4.78 is 39.0. The third kappa shape index (κ3) is 4.84. The van der Waals surface area contributed by atoms with Crippen molar-refractivity contribution in [3.8, 4) is 0 Å². The highest BCUT2D eigenvalue weighted by molar-refractivity contribution is 7.90. The summed E-state index contributed by atoms with van der Waals surface area (Å²) in [5, 5.41) is 11.6. The molecule has 1 aliphatic rings. The van der Waals surface area contributed by atoms with Gasteiger partial charge in [0, 0.05) is 24.7 Å². The third-order valence-corrected chi connectivity index (χ3v) is 6.87. The molecule has 2 aromatic carbocycles. The van der Waals surface area contributed by atoms with Gasteiger partial charge in [0.05, 0.1) is 10.7 Å². The number of carbonyl (C=O) groups excluding carboxylic acids is 1. The number of halogens is 1. The quantitative estimate of drug-likeness (QED) is 0.526. The normalized spacial score (nSPS) is 19.5. The minimum atomic E-state index is -4.12. The van der Waals surface area contributed by atoms with E-state index in [-0.39, 0.29) is 17.0 Å². The monoisotopic (exact) mass is 434 g/mol. The van der Waals surface area contributed by atoms with E-state index in [2.05, 4.69) is 0 Å². The summed E-state index contributed by atoms with van der Waals surface area (Å²) in [6.07, 6.45) is 1.00. The van der Waals surface area contributed by atoms with E-state index in [1.165, 1.54) is 24.3 Å². The fraction of sp³-hybridized carbons (Fsp3) is 0.381. The Hall–Kier alpha value is -2.81. The average molecular weight is 434 g/mol. The third-order valence-electron chi connectivity index (χ3n) is 5.14. The number of hydrogen-bond donors (Lipinski definition) is 0. The van der Waals surface area contributed by atoms with Crippen LogP contribution in [0.5, 0.6) is 0 Å². The van der Waals surface area contributed by atoms with Crippen molar-refractivity contribution >= 4 is 21.4 Å². The van der Waals surface area contributed by atoms with E-state index in [1.807, 2.05) is 13.8 Å². The van der Waals surface area contributed by atoms with Gasteiger partial charge in [0.15, 0.2) is 9.84 Å². The molecule has 2 atom stereocenters. The summed E-state index contributed by atoms with van der Waals surface area (Å²) in [4.78, 5) is 24.8. The number of sulfone groups is 1. The largest absolute Gasteiger partial charge is 0.338 e. The second-order valence-corrected chi connectivity index (χ2v) is 9.94. The molecule has 0 bridgehead atoms. The topological polar surface area (TPSA) is 97.6 Å². The fourth-order valence-corrected chi connectivity index (χ4v) is 5.49. The van der Waals surface area contributed by atoms with Gasteiger partial charge in [0.25, 0.3) is 11.6 Å². The zero-order valence-corrected chi connectivity index (χ0v) is 17.6. The van der Waals surface area contributed by atoms with Gasteiger partial charge >= 0.3 is 0 Å². The molecular formula is C21H23FN2O5S. The zero-order valence-electron chi connectivity index (χ0n) is 16.7. The van der Waals surface area contributed by atoms with Gasteiger partial charge in [0.1, 0.15) is 10.7 Å². The number of hydrogen-bond acceptors (Lipinski definition) is 5. The lowest BCUT2D eigenvalue weighted by atomic mass is 9.91. The first-order valence-electron chi connectivity index (χ1n) is 9.61. The second kappa shape index (κ2) is 8.51. The summed E-state index contributed by atoms with van der Waals surface area (Å²) in [6, 6.07) is 8.47. The molecule has 0 radical (unpaired) electrons. The Morgan fingerprint density at radius 1 is 1.17 bits per heavy atom. The second-order valence-electron chi connectivity index (χ2n) is 7.98. The van der Waals surface area contributed by atoms with E-state index in [1.54, 1.807) is 4.90 Å². The fourth-order valence-electron chi connectivity index (χ4n) is 3.99. The van der Waals surface area contributed by atoms with E-state index >= 15 is 0 Å². The van der Waals surface area contributed by atoms with Gasteiger partial charge in [-0.3, -0.25) is 14.9 Å². The standard InChI is InChI=1S/C21H23FN2O5S/c1-14-8-15(2)12-23(11-14)21(25)17-6-7-20(19(10-17)24(26)27)30(28,29)13-16-4-3-5-18(22)9-16/h3-7,9-10,14-15H,8,11-13H2,1-2H3. The van der Waals surface area contributed by atoms with Crippen LogP contribution in [0.2, 0.25) is 0 Å². The van der Waals surface area contributed by atoms with Gasteiger partial charge in [0.2, 0.25) is 0 Å². The van der Waals surface area contributed by atoms with Gasteiger partial charge in [-0.2, -0.15) is 0 Å². The molecule has 1 amide bonds. The Bertz CT molecular complexity index is 1080. The van der Waals surface area contributed by atoms with E-state index in [4.69, 9.17) is 0 Å². The molecule has 1 aliphatic heterocycles. The highest BCUT2D eigenvalue weighted by Gasteiger charge is 2.30. The first-order valence-corrected chi connectivity index (χ1v) is 11.3. The molecule has 9 heteroatoms. The predicted octanol–water partition coefficient (Wildman–Crippen LogP) is 3.83. The zero-order chi connectivity index (χ0) is 22.1. The first kappa shape index (κ1) is 21.9. The number of amides is 1. The van der Waals surface area contributed by atoms with Crippen LogP contribution in [0.4, 0.5) is 10.1 Å². The minimum Gasteiger partial charge on any atom is -0.338 e. The summed E-state index contributed by atoms with van der Waals surface area (Å²) in [5.41, 5.74) is -0.399. The van der Waals surface area contributed by atoms with Crippen LogP contribution in [0.3, 0.4) is 0 Å². The molecule has 3 rings (SSSR count). The maximum atomic E-state index is 13.4. The smallest absolute Gasteiger partial charge is 0.288 e. The Morgan fingerprint density at radius 2 is 1.83 bits per heavy atom. The number of likely N-dealkylation sites (tertiary alicyclic amines) is 1. The molecule has 1 saturated heterocycles.